The molecule has 2 N–H and O–H groups in total. The Morgan fingerprint density at radius 1 is 1.11 bits per heavy atom. The van der Waals surface area contributed by atoms with Crippen molar-refractivity contribution in [2.45, 2.75) is 59.2 Å². The van der Waals surface area contributed by atoms with Gasteiger partial charge in [-0.3, -0.25) is 14.4 Å². The van der Waals surface area contributed by atoms with Crippen LogP contribution < -0.4 is 21.1 Å². The van der Waals surface area contributed by atoms with Gasteiger partial charge in [-0.2, -0.15) is 10.1 Å². The number of nitrogens with one attached hydrogen (secondary N) is 2. The lowest BCUT2D eigenvalue weighted by atomic mass is 9.99. The molecule has 3 aliphatic heterocycles. The summed E-state index contributed by atoms with van der Waals surface area (Å²) in [5, 5.41) is 12.2. The summed E-state index contributed by atoms with van der Waals surface area (Å²) in [6.07, 6.45) is 7.29. The molecule has 1 aromatic carbocycles. The third-order valence-corrected chi connectivity index (χ3v) is 9.15. The minimum atomic E-state index is -0.306. The van der Waals surface area contributed by atoms with E-state index in [2.05, 4.69) is 39.4 Å². The first-order valence-corrected chi connectivity index (χ1v) is 16.1. The molecule has 2 saturated heterocycles. The molecule has 0 radical (unpaired) electrons. The second-order valence-electron chi connectivity index (χ2n) is 12.7. The third kappa shape index (κ3) is 5.82. The van der Waals surface area contributed by atoms with Gasteiger partial charge in [0.25, 0.3) is 5.56 Å². The summed E-state index contributed by atoms with van der Waals surface area (Å²) in [5.74, 6) is 0.266. The van der Waals surface area contributed by atoms with Crippen LogP contribution in [0.4, 0.5) is 21.7 Å². The highest BCUT2D eigenvalue weighted by molar-refractivity contribution is 6.04. The molecule has 6 heterocycles. The summed E-state index contributed by atoms with van der Waals surface area (Å²) in [4.78, 5) is 30.1. The van der Waals surface area contributed by atoms with Crippen LogP contribution in [0, 0.1) is 25.6 Å². The van der Waals surface area contributed by atoms with E-state index in [9.17, 15) is 4.79 Å². The average Bonchev–Trinajstić information content (AvgIpc) is 3.66. The lowest BCUT2D eigenvalue weighted by Gasteiger charge is -2.37. The van der Waals surface area contributed by atoms with Gasteiger partial charge in [0.05, 0.1) is 29.2 Å². The number of ether oxygens (including phenoxy) is 1. The number of nitrogens with zero attached hydrogens (tertiary/aromatic N) is 7. The SMILES string of the molecule is Cc1nn(C2=CCN=C2)c(C)c1-c1cc2cnc(Nc3ccc(N4C[C@@H](C)N[C@@H](C)C4)c(F)c3)nc2n(CC2CCOCC2)c1=O. The Bertz CT molecular complexity index is 1900. The highest BCUT2D eigenvalue weighted by atomic mass is 19.1. The lowest BCUT2D eigenvalue weighted by Crippen LogP contribution is -2.54. The van der Waals surface area contributed by atoms with Gasteiger partial charge < -0.3 is 20.3 Å². The molecule has 2 fully saturated rings. The smallest absolute Gasteiger partial charge is 0.260 e. The van der Waals surface area contributed by atoms with Gasteiger partial charge >= 0.3 is 0 Å². The third-order valence-electron chi connectivity index (χ3n) is 9.15. The zero-order valence-electron chi connectivity index (χ0n) is 26.8. The molecule has 12 heteroatoms. The van der Waals surface area contributed by atoms with Crippen LogP contribution in [0.25, 0.3) is 27.9 Å². The number of hydrogen-bond donors (Lipinski definition) is 2. The summed E-state index contributed by atoms with van der Waals surface area (Å²) in [5.41, 5.74) is 5.43. The Morgan fingerprint density at radius 3 is 2.61 bits per heavy atom. The summed E-state index contributed by atoms with van der Waals surface area (Å²) >= 11 is 0. The molecule has 0 saturated carbocycles. The monoisotopic (exact) mass is 625 g/mol. The topological polar surface area (TPSA) is 114 Å². The molecule has 0 aliphatic carbocycles. The zero-order valence-corrected chi connectivity index (χ0v) is 26.8. The first kappa shape index (κ1) is 30.2. The fraction of sp³-hybridized carbons (Fsp3) is 0.441. The van der Waals surface area contributed by atoms with Crippen LogP contribution in [0.5, 0.6) is 0 Å². The van der Waals surface area contributed by atoms with Crippen molar-refractivity contribution in [1.82, 2.24) is 29.6 Å². The number of piperazine rings is 1. The van der Waals surface area contributed by atoms with Crippen molar-refractivity contribution in [2.75, 3.05) is 43.1 Å². The number of allylic oxidation sites excluding steroid dienone is 1. The second kappa shape index (κ2) is 12.4. The summed E-state index contributed by atoms with van der Waals surface area (Å²) < 4.78 is 24.6. The van der Waals surface area contributed by atoms with E-state index in [4.69, 9.17) is 14.8 Å². The van der Waals surface area contributed by atoms with Gasteiger partial charge in [-0.25, -0.2) is 14.1 Å². The van der Waals surface area contributed by atoms with Gasteiger partial charge in [0.1, 0.15) is 11.5 Å². The summed E-state index contributed by atoms with van der Waals surface area (Å²) in [6.45, 7) is 12.1. The van der Waals surface area contributed by atoms with Gasteiger partial charge in [-0.15, -0.1) is 0 Å². The van der Waals surface area contributed by atoms with E-state index in [1.165, 1.54) is 6.07 Å². The zero-order chi connectivity index (χ0) is 31.9. The van der Waals surface area contributed by atoms with Crippen LogP contribution in [0.15, 0.2) is 46.3 Å². The Kier molecular flexibility index (Phi) is 8.16. The van der Waals surface area contributed by atoms with E-state index in [1.54, 1.807) is 23.0 Å². The van der Waals surface area contributed by atoms with Crippen molar-refractivity contribution < 1.29 is 9.13 Å². The van der Waals surface area contributed by atoms with E-state index in [0.717, 1.165) is 54.0 Å². The molecule has 3 aliphatic rings. The normalized spacial score (nSPS) is 20.5. The Hall–Kier alpha value is -4.42. The maximum Gasteiger partial charge on any atom is 0.260 e. The van der Waals surface area contributed by atoms with Crippen molar-refractivity contribution in [3.8, 4) is 11.1 Å². The molecular weight excluding hydrogens is 585 g/mol. The number of rotatable bonds is 7. The van der Waals surface area contributed by atoms with Crippen LogP contribution in [0.2, 0.25) is 0 Å². The minimum Gasteiger partial charge on any atom is -0.381 e. The number of hydrogen-bond acceptors (Lipinski definition) is 9. The van der Waals surface area contributed by atoms with Crippen molar-refractivity contribution in [3.05, 3.63) is 64.1 Å². The first-order valence-electron chi connectivity index (χ1n) is 16.1. The lowest BCUT2D eigenvalue weighted by molar-refractivity contribution is 0.0613. The van der Waals surface area contributed by atoms with Gasteiger partial charge in [0.2, 0.25) is 5.95 Å². The molecule has 0 spiro atoms. The van der Waals surface area contributed by atoms with E-state index >= 15 is 4.39 Å². The molecule has 0 bridgehead atoms. The minimum absolute atomic E-state index is 0.127. The van der Waals surface area contributed by atoms with Gasteiger partial charge in [-0.05, 0) is 76.8 Å². The molecule has 3 aromatic heterocycles. The number of pyridine rings is 1. The number of aromatic nitrogens is 5. The molecule has 0 unspecified atom stereocenters. The molecule has 11 nitrogen and oxygen atoms in total. The number of halogens is 1. The molecule has 46 heavy (non-hydrogen) atoms. The predicted molar refractivity (Wildman–Crippen MR) is 180 cm³/mol. The summed E-state index contributed by atoms with van der Waals surface area (Å²) in [7, 11) is 0. The van der Waals surface area contributed by atoms with Crippen LogP contribution >= 0.6 is 0 Å². The number of benzene rings is 1. The second-order valence-corrected chi connectivity index (χ2v) is 12.7. The largest absolute Gasteiger partial charge is 0.381 e. The molecular formula is C34H40FN9O2. The van der Waals surface area contributed by atoms with Crippen molar-refractivity contribution in [2.24, 2.45) is 10.9 Å². The van der Waals surface area contributed by atoms with Gasteiger partial charge in [0.15, 0.2) is 0 Å². The van der Waals surface area contributed by atoms with Gasteiger partial charge in [-0.1, -0.05) is 0 Å². The van der Waals surface area contributed by atoms with E-state index in [0.29, 0.717) is 54.8 Å². The standard InChI is InChI=1S/C34H40FN9O2/c1-20-17-42(18-21(2)38-20)30-6-5-26(14-29(30)35)39-34-37-15-25-13-28(31-22(3)41-44(23(31)4)27-7-10-36-16-27)33(45)43(32(25)40-34)19-24-8-11-46-12-9-24/h5-7,13-16,20-21,24,38H,8-12,17-19H2,1-4H3,(H,37,39,40)/t20-,21+. The first-order chi connectivity index (χ1) is 22.2. The van der Waals surface area contributed by atoms with Crippen molar-refractivity contribution in [1.29, 1.82) is 0 Å². The van der Waals surface area contributed by atoms with Crippen molar-refractivity contribution in [3.63, 3.8) is 0 Å². The predicted octanol–water partition coefficient (Wildman–Crippen LogP) is 4.69. The van der Waals surface area contributed by atoms with Crippen LogP contribution in [0.1, 0.15) is 38.1 Å². The summed E-state index contributed by atoms with van der Waals surface area (Å²) in [6, 6.07) is 7.53. The van der Waals surface area contributed by atoms with Gasteiger partial charge in [0, 0.05) is 79.7 Å². The maximum atomic E-state index is 15.4. The van der Waals surface area contributed by atoms with Crippen LogP contribution in [-0.2, 0) is 11.3 Å². The molecule has 4 aromatic rings. The van der Waals surface area contributed by atoms with Crippen LogP contribution in [0.3, 0.4) is 0 Å². The molecule has 0 amide bonds. The van der Waals surface area contributed by atoms with Crippen molar-refractivity contribution >= 4 is 40.3 Å². The van der Waals surface area contributed by atoms with E-state index in [-0.39, 0.29) is 29.4 Å². The maximum absolute atomic E-state index is 15.4. The number of anilines is 3. The fourth-order valence-corrected chi connectivity index (χ4v) is 7.02. The molecule has 240 valence electrons. The Morgan fingerprint density at radius 2 is 1.89 bits per heavy atom. The number of aliphatic imine (C=N–C) groups is 1. The number of aryl methyl sites for hydroxylation is 1. The average molecular weight is 626 g/mol. The Balaban J connectivity index is 1.25. The van der Waals surface area contributed by atoms with Crippen LogP contribution in [-0.4, -0.2) is 75.5 Å². The van der Waals surface area contributed by atoms with E-state index < -0.39 is 0 Å². The molecule has 2 atom stereocenters. The molecule has 7 rings (SSSR count). The quantitative estimate of drug-likeness (QED) is 0.304. The fourth-order valence-electron chi connectivity index (χ4n) is 7.02. The highest BCUT2D eigenvalue weighted by Gasteiger charge is 2.25. The Labute approximate surface area is 267 Å². The van der Waals surface area contributed by atoms with E-state index in [1.807, 2.05) is 36.7 Å². The highest BCUT2D eigenvalue weighted by Crippen LogP contribution is 2.30. The number of fused-ring (bicyclic) bond motifs is 1.